The number of unbranched alkanes of at least 4 members (excludes halogenated alkanes) is 3. The van der Waals surface area contributed by atoms with Gasteiger partial charge in [-0.1, -0.05) is 26.2 Å². The molecule has 1 heterocycles. The number of aromatic nitrogens is 1. The van der Waals surface area contributed by atoms with E-state index in [1.165, 1.54) is 11.5 Å². The summed E-state index contributed by atoms with van der Waals surface area (Å²) in [5.41, 5.74) is 0.876. The number of Topliss-reactive ketones (excluding diaryl/α,β-unsaturated/α-hetero) is 1. The van der Waals surface area contributed by atoms with Crippen LogP contribution in [0.5, 0.6) is 0 Å². The van der Waals surface area contributed by atoms with Crippen LogP contribution in [0.1, 0.15) is 51.1 Å². The maximum atomic E-state index is 11.6. The lowest BCUT2D eigenvalue weighted by Gasteiger charge is -2.01. The van der Waals surface area contributed by atoms with Crippen molar-refractivity contribution >= 4 is 28.2 Å². The van der Waals surface area contributed by atoms with Gasteiger partial charge in [0.05, 0.1) is 12.1 Å². The predicted molar refractivity (Wildman–Crippen MR) is 73.9 cm³/mol. The van der Waals surface area contributed by atoms with E-state index in [0.29, 0.717) is 11.4 Å². The van der Waals surface area contributed by atoms with Gasteiger partial charge < -0.3 is 5.32 Å². The quantitative estimate of drug-likeness (QED) is 0.581. The standard InChI is InChI=1S/C13H20N2O2S/c1-3-4-5-6-7-11(16)9-12(17)14-13-8-10(2)15-18-13/h8H,3-7,9H2,1-2H3,(H,14,17). The number of anilines is 1. The van der Waals surface area contributed by atoms with Crippen LogP contribution in [0.4, 0.5) is 5.00 Å². The molecule has 1 rings (SSSR count). The summed E-state index contributed by atoms with van der Waals surface area (Å²) in [6.45, 7) is 4.00. The molecule has 1 N–H and O–H groups in total. The van der Waals surface area contributed by atoms with Crippen LogP contribution < -0.4 is 5.32 Å². The summed E-state index contributed by atoms with van der Waals surface area (Å²) in [5, 5.41) is 3.40. The fourth-order valence-electron chi connectivity index (χ4n) is 1.62. The first kappa shape index (κ1) is 14.8. The SMILES string of the molecule is CCCCCCC(=O)CC(=O)Nc1cc(C)ns1. The minimum Gasteiger partial charge on any atom is -0.316 e. The minimum absolute atomic E-state index is 0.0184. The number of hydrogen-bond acceptors (Lipinski definition) is 4. The summed E-state index contributed by atoms with van der Waals surface area (Å²) in [5.74, 6) is -0.219. The summed E-state index contributed by atoms with van der Waals surface area (Å²) in [6, 6.07) is 1.80. The van der Waals surface area contributed by atoms with Gasteiger partial charge in [-0.15, -0.1) is 0 Å². The van der Waals surface area contributed by atoms with Gasteiger partial charge in [0.2, 0.25) is 5.91 Å². The van der Waals surface area contributed by atoms with E-state index in [-0.39, 0.29) is 18.1 Å². The van der Waals surface area contributed by atoms with Crippen molar-refractivity contribution in [2.24, 2.45) is 0 Å². The summed E-state index contributed by atoms with van der Waals surface area (Å²) in [7, 11) is 0. The van der Waals surface area contributed by atoms with Crippen LogP contribution in [0.3, 0.4) is 0 Å². The topological polar surface area (TPSA) is 59.1 Å². The molecular weight excluding hydrogens is 248 g/mol. The van der Waals surface area contributed by atoms with Gasteiger partial charge in [-0.2, -0.15) is 4.37 Å². The number of nitrogens with zero attached hydrogens (tertiary/aromatic N) is 1. The summed E-state index contributed by atoms with van der Waals surface area (Å²) >= 11 is 1.24. The Kier molecular flexibility index (Phi) is 6.57. The fourth-order valence-corrected chi connectivity index (χ4v) is 2.30. The molecule has 5 heteroatoms. The van der Waals surface area contributed by atoms with Crippen LogP contribution in [0.15, 0.2) is 6.07 Å². The second kappa shape index (κ2) is 7.97. The Bertz CT molecular complexity index is 401. The summed E-state index contributed by atoms with van der Waals surface area (Å²) in [4.78, 5) is 23.1. The normalized spacial score (nSPS) is 10.3. The number of ketones is 1. The van der Waals surface area contributed by atoms with Crippen LogP contribution in [0.2, 0.25) is 0 Å². The Morgan fingerprint density at radius 1 is 1.33 bits per heavy atom. The molecule has 18 heavy (non-hydrogen) atoms. The number of nitrogens with one attached hydrogen (secondary N) is 1. The molecule has 0 atom stereocenters. The third-order valence-corrected chi connectivity index (χ3v) is 3.35. The van der Waals surface area contributed by atoms with Crippen LogP contribution in [-0.2, 0) is 9.59 Å². The minimum atomic E-state index is -0.237. The molecule has 100 valence electrons. The predicted octanol–water partition coefficient (Wildman–Crippen LogP) is 3.32. The van der Waals surface area contributed by atoms with E-state index in [1.807, 2.05) is 6.92 Å². The highest BCUT2D eigenvalue weighted by Gasteiger charge is 2.10. The molecule has 1 aromatic heterocycles. The van der Waals surface area contributed by atoms with Crippen molar-refractivity contribution < 1.29 is 9.59 Å². The van der Waals surface area contributed by atoms with Gasteiger partial charge in [-0.3, -0.25) is 9.59 Å². The van der Waals surface area contributed by atoms with E-state index < -0.39 is 0 Å². The lowest BCUT2D eigenvalue weighted by Crippen LogP contribution is -2.15. The van der Waals surface area contributed by atoms with Gasteiger partial charge in [-0.05, 0) is 30.9 Å². The smallest absolute Gasteiger partial charge is 0.232 e. The van der Waals surface area contributed by atoms with Crippen molar-refractivity contribution in [3.63, 3.8) is 0 Å². The van der Waals surface area contributed by atoms with Crippen molar-refractivity contribution in [3.8, 4) is 0 Å². The fraction of sp³-hybridized carbons (Fsp3) is 0.615. The maximum Gasteiger partial charge on any atom is 0.232 e. The Morgan fingerprint density at radius 2 is 2.11 bits per heavy atom. The Hall–Kier alpha value is -1.23. The highest BCUT2D eigenvalue weighted by Crippen LogP contribution is 2.15. The number of hydrogen-bond donors (Lipinski definition) is 1. The zero-order chi connectivity index (χ0) is 13.4. The van der Waals surface area contributed by atoms with E-state index in [4.69, 9.17) is 0 Å². The molecule has 0 fully saturated rings. The van der Waals surface area contributed by atoms with E-state index in [1.54, 1.807) is 6.07 Å². The average molecular weight is 268 g/mol. The van der Waals surface area contributed by atoms with Crippen molar-refractivity contribution in [2.75, 3.05) is 5.32 Å². The summed E-state index contributed by atoms with van der Waals surface area (Å²) < 4.78 is 4.06. The van der Waals surface area contributed by atoms with Crippen molar-refractivity contribution in [1.82, 2.24) is 4.37 Å². The molecule has 1 aromatic rings. The number of rotatable bonds is 8. The van der Waals surface area contributed by atoms with Crippen molar-refractivity contribution in [1.29, 1.82) is 0 Å². The molecule has 4 nitrogen and oxygen atoms in total. The molecule has 0 saturated heterocycles. The molecule has 0 aliphatic carbocycles. The number of carbonyl (C=O) groups is 2. The van der Waals surface area contributed by atoms with Gasteiger partial charge in [0.25, 0.3) is 0 Å². The lowest BCUT2D eigenvalue weighted by molar-refractivity contribution is -0.125. The Balaban J connectivity index is 2.21. The Morgan fingerprint density at radius 3 is 2.72 bits per heavy atom. The highest BCUT2D eigenvalue weighted by molar-refractivity contribution is 7.10. The third-order valence-electron chi connectivity index (χ3n) is 2.56. The van der Waals surface area contributed by atoms with E-state index in [2.05, 4.69) is 16.6 Å². The number of carbonyl (C=O) groups excluding carboxylic acids is 2. The van der Waals surface area contributed by atoms with Gasteiger partial charge in [0.1, 0.15) is 10.8 Å². The van der Waals surface area contributed by atoms with Crippen LogP contribution in [0, 0.1) is 6.92 Å². The zero-order valence-electron chi connectivity index (χ0n) is 11.0. The number of aryl methyl sites for hydroxylation is 1. The highest BCUT2D eigenvalue weighted by atomic mass is 32.1. The molecule has 0 aliphatic rings. The molecule has 1 amide bonds. The molecule has 0 bridgehead atoms. The maximum absolute atomic E-state index is 11.6. The van der Waals surface area contributed by atoms with E-state index in [9.17, 15) is 9.59 Å². The largest absolute Gasteiger partial charge is 0.316 e. The van der Waals surface area contributed by atoms with E-state index >= 15 is 0 Å². The van der Waals surface area contributed by atoms with Crippen LogP contribution in [-0.4, -0.2) is 16.1 Å². The van der Waals surface area contributed by atoms with Gasteiger partial charge in [0.15, 0.2) is 0 Å². The number of amides is 1. The molecule has 0 aromatic carbocycles. The third kappa shape index (κ3) is 5.91. The molecule has 0 saturated carbocycles. The van der Waals surface area contributed by atoms with Crippen LogP contribution in [0.25, 0.3) is 0 Å². The molecule has 0 spiro atoms. The second-order valence-corrected chi connectivity index (χ2v) is 5.21. The first-order chi connectivity index (χ1) is 8.61. The zero-order valence-corrected chi connectivity index (χ0v) is 11.8. The first-order valence-electron chi connectivity index (χ1n) is 6.36. The van der Waals surface area contributed by atoms with E-state index in [0.717, 1.165) is 31.4 Å². The monoisotopic (exact) mass is 268 g/mol. The van der Waals surface area contributed by atoms with Gasteiger partial charge in [-0.25, -0.2) is 0 Å². The van der Waals surface area contributed by atoms with Crippen LogP contribution >= 0.6 is 11.5 Å². The lowest BCUT2D eigenvalue weighted by atomic mass is 10.1. The molecule has 0 radical (unpaired) electrons. The average Bonchev–Trinajstić information content (AvgIpc) is 2.70. The van der Waals surface area contributed by atoms with Crippen molar-refractivity contribution in [3.05, 3.63) is 11.8 Å². The first-order valence-corrected chi connectivity index (χ1v) is 7.14. The second-order valence-electron chi connectivity index (χ2n) is 4.41. The molecule has 0 aliphatic heterocycles. The van der Waals surface area contributed by atoms with Gasteiger partial charge >= 0.3 is 0 Å². The Labute approximate surface area is 112 Å². The molecular formula is C13H20N2O2S. The van der Waals surface area contributed by atoms with Gasteiger partial charge in [0, 0.05) is 6.42 Å². The summed E-state index contributed by atoms with van der Waals surface area (Å²) in [6.07, 6.45) is 4.74. The van der Waals surface area contributed by atoms with Crippen molar-refractivity contribution in [2.45, 2.75) is 52.4 Å². The molecule has 0 unspecified atom stereocenters.